The van der Waals surface area contributed by atoms with Crippen molar-refractivity contribution in [3.05, 3.63) is 0 Å². The summed E-state index contributed by atoms with van der Waals surface area (Å²) in [5.41, 5.74) is -0.00208. The Labute approximate surface area is 93.0 Å². The SMILES string of the molecule is CC(C1CC1)N(C)CC1(C=O)CCCC1. The Morgan fingerprint density at radius 1 is 1.40 bits per heavy atom. The first-order chi connectivity index (χ1) is 7.17. The van der Waals surface area contributed by atoms with Gasteiger partial charge in [0.1, 0.15) is 6.29 Å². The first-order valence-electron chi connectivity index (χ1n) is 6.33. The number of aldehydes is 1. The summed E-state index contributed by atoms with van der Waals surface area (Å²) in [5.74, 6) is 0.903. The van der Waals surface area contributed by atoms with E-state index in [1.54, 1.807) is 0 Å². The zero-order valence-corrected chi connectivity index (χ0v) is 10.0. The van der Waals surface area contributed by atoms with Gasteiger partial charge in [0.15, 0.2) is 0 Å². The van der Waals surface area contributed by atoms with Crippen LogP contribution < -0.4 is 0 Å². The Hall–Kier alpha value is -0.370. The second kappa shape index (κ2) is 4.25. The minimum absolute atomic E-state index is 0.00208. The van der Waals surface area contributed by atoms with Crippen LogP contribution in [0.3, 0.4) is 0 Å². The van der Waals surface area contributed by atoms with Gasteiger partial charge in [0, 0.05) is 18.0 Å². The molecule has 1 unspecified atom stereocenters. The first kappa shape index (κ1) is 11.1. The zero-order valence-electron chi connectivity index (χ0n) is 10.0. The standard InChI is InChI=1S/C13H23NO/c1-11(12-5-6-12)14(2)9-13(10-15)7-3-4-8-13/h10-12H,3-9H2,1-2H3. The van der Waals surface area contributed by atoms with Gasteiger partial charge in [-0.15, -0.1) is 0 Å². The van der Waals surface area contributed by atoms with Crippen molar-refractivity contribution >= 4 is 6.29 Å². The predicted octanol–water partition coefficient (Wildman–Crippen LogP) is 2.48. The number of carbonyl (C=O) groups excluding carboxylic acids is 1. The highest BCUT2D eigenvalue weighted by molar-refractivity contribution is 5.60. The molecule has 0 heterocycles. The van der Waals surface area contributed by atoms with Gasteiger partial charge in [-0.1, -0.05) is 12.8 Å². The van der Waals surface area contributed by atoms with E-state index in [0.717, 1.165) is 25.3 Å². The van der Waals surface area contributed by atoms with E-state index < -0.39 is 0 Å². The molecule has 2 rings (SSSR count). The lowest BCUT2D eigenvalue weighted by atomic mass is 9.87. The minimum atomic E-state index is -0.00208. The molecule has 0 amide bonds. The van der Waals surface area contributed by atoms with Gasteiger partial charge in [0.2, 0.25) is 0 Å². The number of nitrogens with zero attached hydrogens (tertiary/aromatic N) is 1. The molecule has 0 saturated heterocycles. The Bertz CT molecular complexity index is 229. The molecule has 2 heteroatoms. The van der Waals surface area contributed by atoms with E-state index in [1.165, 1.54) is 32.0 Å². The van der Waals surface area contributed by atoms with Gasteiger partial charge >= 0.3 is 0 Å². The molecule has 0 aliphatic heterocycles. The Balaban J connectivity index is 1.90. The number of hydrogen-bond donors (Lipinski definition) is 0. The molecule has 15 heavy (non-hydrogen) atoms. The van der Waals surface area contributed by atoms with Crippen molar-refractivity contribution in [2.75, 3.05) is 13.6 Å². The van der Waals surface area contributed by atoms with Gasteiger partial charge in [-0.25, -0.2) is 0 Å². The zero-order chi connectivity index (χ0) is 10.9. The fourth-order valence-electron chi connectivity index (χ4n) is 2.97. The van der Waals surface area contributed by atoms with Crippen LogP contribution in [0.1, 0.15) is 45.4 Å². The summed E-state index contributed by atoms with van der Waals surface area (Å²) in [7, 11) is 2.19. The van der Waals surface area contributed by atoms with E-state index in [2.05, 4.69) is 18.9 Å². The van der Waals surface area contributed by atoms with E-state index in [1.807, 2.05) is 0 Å². The fraction of sp³-hybridized carbons (Fsp3) is 0.923. The van der Waals surface area contributed by atoms with E-state index in [0.29, 0.717) is 6.04 Å². The summed E-state index contributed by atoms with van der Waals surface area (Å²) in [6, 6.07) is 0.669. The quantitative estimate of drug-likeness (QED) is 0.648. The van der Waals surface area contributed by atoms with Crippen LogP contribution in [0.25, 0.3) is 0 Å². The molecule has 0 radical (unpaired) electrons. The van der Waals surface area contributed by atoms with Gasteiger partial charge in [-0.3, -0.25) is 0 Å². The summed E-state index contributed by atoms with van der Waals surface area (Å²) in [4.78, 5) is 13.7. The van der Waals surface area contributed by atoms with Crippen LogP contribution in [0.2, 0.25) is 0 Å². The molecule has 2 fully saturated rings. The molecule has 0 N–H and O–H groups in total. The third-order valence-corrected chi connectivity index (χ3v) is 4.41. The summed E-state index contributed by atoms with van der Waals surface area (Å²) < 4.78 is 0. The number of hydrogen-bond acceptors (Lipinski definition) is 2. The predicted molar refractivity (Wildman–Crippen MR) is 61.8 cm³/mol. The number of carbonyl (C=O) groups is 1. The smallest absolute Gasteiger partial charge is 0.127 e. The van der Waals surface area contributed by atoms with Crippen molar-refractivity contribution in [2.45, 2.75) is 51.5 Å². The highest BCUT2D eigenvalue weighted by Crippen LogP contribution is 2.39. The topological polar surface area (TPSA) is 20.3 Å². The lowest BCUT2D eigenvalue weighted by Crippen LogP contribution is -2.40. The molecule has 0 bridgehead atoms. The molecule has 2 nitrogen and oxygen atoms in total. The lowest BCUT2D eigenvalue weighted by Gasteiger charge is -2.32. The Kier molecular flexibility index (Phi) is 3.15. The second-order valence-electron chi connectivity index (χ2n) is 5.68. The average molecular weight is 209 g/mol. The third kappa shape index (κ3) is 2.41. The summed E-state index contributed by atoms with van der Waals surface area (Å²) in [5, 5.41) is 0. The van der Waals surface area contributed by atoms with Crippen molar-refractivity contribution < 1.29 is 4.79 Å². The van der Waals surface area contributed by atoms with Crippen LogP contribution in [0.4, 0.5) is 0 Å². The van der Waals surface area contributed by atoms with Crippen LogP contribution in [-0.2, 0) is 4.79 Å². The van der Waals surface area contributed by atoms with Crippen LogP contribution in [0.5, 0.6) is 0 Å². The van der Waals surface area contributed by atoms with Gasteiger partial charge < -0.3 is 9.69 Å². The molecule has 2 saturated carbocycles. The number of rotatable bonds is 5. The molecule has 1 atom stereocenters. The van der Waals surface area contributed by atoms with E-state index >= 15 is 0 Å². The van der Waals surface area contributed by atoms with Crippen molar-refractivity contribution in [3.8, 4) is 0 Å². The van der Waals surface area contributed by atoms with Crippen molar-refractivity contribution in [2.24, 2.45) is 11.3 Å². The highest BCUT2D eigenvalue weighted by atomic mass is 16.1. The summed E-state index contributed by atoms with van der Waals surface area (Å²) in [6.07, 6.45) is 8.71. The largest absolute Gasteiger partial charge is 0.303 e. The Morgan fingerprint density at radius 2 is 2.00 bits per heavy atom. The molecular weight excluding hydrogens is 186 g/mol. The molecule has 0 aromatic heterocycles. The molecule has 2 aliphatic rings. The third-order valence-electron chi connectivity index (χ3n) is 4.41. The van der Waals surface area contributed by atoms with E-state index in [9.17, 15) is 4.79 Å². The second-order valence-corrected chi connectivity index (χ2v) is 5.68. The Morgan fingerprint density at radius 3 is 2.47 bits per heavy atom. The average Bonchev–Trinajstić information content (AvgIpc) is 2.99. The van der Waals surface area contributed by atoms with Crippen molar-refractivity contribution in [1.29, 1.82) is 0 Å². The van der Waals surface area contributed by atoms with Crippen LogP contribution in [0.15, 0.2) is 0 Å². The molecular formula is C13H23NO. The van der Waals surface area contributed by atoms with E-state index in [4.69, 9.17) is 0 Å². The monoisotopic (exact) mass is 209 g/mol. The van der Waals surface area contributed by atoms with Crippen molar-refractivity contribution in [1.82, 2.24) is 4.90 Å². The van der Waals surface area contributed by atoms with Gasteiger partial charge in [-0.05, 0) is 45.6 Å². The molecule has 0 spiro atoms. The van der Waals surface area contributed by atoms with E-state index in [-0.39, 0.29) is 5.41 Å². The molecule has 2 aliphatic carbocycles. The summed E-state index contributed by atoms with van der Waals surface area (Å²) >= 11 is 0. The molecule has 0 aromatic rings. The van der Waals surface area contributed by atoms with Gasteiger partial charge in [0.25, 0.3) is 0 Å². The highest BCUT2D eigenvalue weighted by Gasteiger charge is 2.38. The minimum Gasteiger partial charge on any atom is -0.303 e. The van der Waals surface area contributed by atoms with Crippen LogP contribution in [0, 0.1) is 11.3 Å². The first-order valence-corrected chi connectivity index (χ1v) is 6.33. The summed E-state index contributed by atoms with van der Waals surface area (Å²) in [6.45, 7) is 3.29. The van der Waals surface area contributed by atoms with Gasteiger partial charge in [0.05, 0.1) is 0 Å². The van der Waals surface area contributed by atoms with Crippen LogP contribution >= 0.6 is 0 Å². The normalized spacial score (nSPS) is 26.9. The lowest BCUT2D eigenvalue weighted by molar-refractivity contribution is -0.117. The maximum atomic E-state index is 11.2. The maximum absolute atomic E-state index is 11.2. The van der Waals surface area contributed by atoms with Crippen molar-refractivity contribution in [3.63, 3.8) is 0 Å². The fourth-order valence-corrected chi connectivity index (χ4v) is 2.97. The van der Waals surface area contributed by atoms with Crippen LogP contribution in [-0.4, -0.2) is 30.8 Å². The molecule has 86 valence electrons. The maximum Gasteiger partial charge on any atom is 0.127 e. The van der Waals surface area contributed by atoms with Gasteiger partial charge in [-0.2, -0.15) is 0 Å². The molecule has 0 aromatic carbocycles.